The third-order valence-corrected chi connectivity index (χ3v) is 4.40. The van der Waals surface area contributed by atoms with Gasteiger partial charge in [0.1, 0.15) is 11.6 Å². The number of hydrogen-bond acceptors (Lipinski definition) is 3. The third-order valence-electron chi connectivity index (χ3n) is 4.40. The number of guanidine groups is 1. The lowest BCUT2D eigenvalue weighted by atomic mass is 10.2. The van der Waals surface area contributed by atoms with Gasteiger partial charge >= 0.3 is 0 Å². The average molecular weight is 430 g/mol. The normalized spacial score (nSPS) is 18.2. The summed E-state index contributed by atoms with van der Waals surface area (Å²) in [6.07, 6.45) is 12.3. The van der Waals surface area contributed by atoms with Gasteiger partial charge in [0.15, 0.2) is 5.96 Å². The van der Waals surface area contributed by atoms with E-state index in [9.17, 15) is 0 Å². The zero-order chi connectivity index (χ0) is 15.2. The van der Waals surface area contributed by atoms with Crippen molar-refractivity contribution in [2.24, 2.45) is 4.99 Å². The summed E-state index contributed by atoms with van der Waals surface area (Å²) in [6.45, 7) is 1.90. The molecule has 0 unspecified atom stereocenters. The molecule has 3 rings (SSSR count). The second-order valence-corrected chi connectivity index (χ2v) is 6.03. The number of hydrogen-bond donors (Lipinski definition) is 2. The van der Waals surface area contributed by atoms with Crippen LogP contribution in [0.2, 0.25) is 0 Å². The zero-order valence-corrected chi connectivity index (χ0v) is 16.1. The van der Waals surface area contributed by atoms with Gasteiger partial charge in [0.05, 0.1) is 0 Å². The SMILES string of the molecule is CN=C(NCCc1nnc2n1CCCCC2)NC1CC=CC1.I. The highest BCUT2D eigenvalue weighted by atomic mass is 127. The first-order valence-corrected chi connectivity index (χ1v) is 8.40. The van der Waals surface area contributed by atoms with Crippen molar-refractivity contribution in [3.63, 3.8) is 0 Å². The minimum absolute atomic E-state index is 0. The molecule has 7 heteroatoms. The van der Waals surface area contributed by atoms with E-state index in [1.165, 1.54) is 19.3 Å². The van der Waals surface area contributed by atoms with E-state index in [0.717, 1.165) is 56.4 Å². The number of aryl methyl sites for hydroxylation is 1. The molecule has 2 N–H and O–H groups in total. The van der Waals surface area contributed by atoms with Crippen LogP contribution in [0, 0.1) is 0 Å². The molecule has 23 heavy (non-hydrogen) atoms. The number of nitrogens with zero attached hydrogens (tertiary/aromatic N) is 4. The maximum atomic E-state index is 4.37. The van der Waals surface area contributed by atoms with E-state index in [1.54, 1.807) is 0 Å². The van der Waals surface area contributed by atoms with Crippen LogP contribution in [-0.2, 0) is 19.4 Å². The summed E-state index contributed by atoms with van der Waals surface area (Å²) in [5.74, 6) is 3.14. The topological polar surface area (TPSA) is 67.1 Å². The molecule has 0 radical (unpaired) electrons. The number of nitrogens with one attached hydrogen (secondary N) is 2. The molecule has 1 aromatic heterocycles. The highest BCUT2D eigenvalue weighted by Gasteiger charge is 2.15. The predicted molar refractivity (Wildman–Crippen MR) is 103 cm³/mol. The number of aromatic nitrogens is 3. The van der Waals surface area contributed by atoms with Crippen LogP contribution in [0.15, 0.2) is 17.1 Å². The number of fused-ring (bicyclic) bond motifs is 1. The van der Waals surface area contributed by atoms with Crippen molar-refractivity contribution in [2.45, 2.75) is 57.5 Å². The lowest BCUT2D eigenvalue weighted by Crippen LogP contribution is -2.43. The van der Waals surface area contributed by atoms with E-state index in [2.05, 4.69) is 42.5 Å². The van der Waals surface area contributed by atoms with Crippen molar-refractivity contribution >= 4 is 29.9 Å². The summed E-state index contributed by atoms with van der Waals surface area (Å²) in [6, 6.07) is 0.482. The Bertz CT molecular complexity index is 543. The van der Waals surface area contributed by atoms with Crippen molar-refractivity contribution < 1.29 is 0 Å². The summed E-state index contributed by atoms with van der Waals surface area (Å²) in [5.41, 5.74) is 0. The molecule has 128 valence electrons. The first-order chi connectivity index (χ1) is 10.9. The van der Waals surface area contributed by atoms with Gasteiger partial charge in [-0.3, -0.25) is 4.99 Å². The van der Waals surface area contributed by atoms with Crippen LogP contribution in [0.3, 0.4) is 0 Å². The monoisotopic (exact) mass is 430 g/mol. The highest BCUT2D eigenvalue weighted by molar-refractivity contribution is 14.0. The van der Waals surface area contributed by atoms with Crippen molar-refractivity contribution in [1.82, 2.24) is 25.4 Å². The molecule has 0 fully saturated rings. The largest absolute Gasteiger partial charge is 0.356 e. The first-order valence-electron chi connectivity index (χ1n) is 8.40. The summed E-state index contributed by atoms with van der Waals surface area (Å²) >= 11 is 0. The maximum absolute atomic E-state index is 4.37. The fourth-order valence-electron chi connectivity index (χ4n) is 3.15. The lowest BCUT2D eigenvalue weighted by molar-refractivity contribution is 0.596. The second-order valence-electron chi connectivity index (χ2n) is 6.03. The molecule has 0 bridgehead atoms. The molecule has 0 aromatic carbocycles. The Morgan fingerprint density at radius 1 is 1.26 bits per heavy atom. The van der Waals surface area contributed by atoms with Crippen LogP contribution in [0.4, 0.5) is 0 Å². The van der Waals surface area contributed by atoms with Crippen molar-refractivity contribution in [3.8, 4) is 0 Å². The van der Waals surface area contributed by atoms with Gasteiger partial charge in [-0.2, -0.15) is 0 Å². The Morgan fingerprint density at radius 2 is 2.09 bits per heavy atom. The van der Waals surface area contributed by atoms with Crippen LogP contribution in [0.5, 0.6) is 0 Å². The van der Waals surface area contributed by atoms with E-state index < -0.39 is 0 Å². The quantitative estimate of drug-likeness (QED) is 0.332. The van der Waals surface area contributed by atoms with E-state index in [-0.39, 0.29) is 24.0 Å². The second kappa shape index (κ2) is 9.24. The molecule has 1 aromatic rings. The van der Waals surface area contributed by atoms with Crippen LogP contribution in [-0.4, -0.2) is 40.4 Å². The molecule has 0 atom stereocenters. The molecule has 0 saturated carbocycles. The van der Waals surface area contributed by atoms with Crippen LogP contribution in [0.25, 0.3) is 0 Å². The fourth-order valence-corrected chi connectivity index (χ4v) is 3.15. The average Bonchev–Trinajstić information content (AvgIpc) is 3.11. The summed E-state index contributed by atoms with van der Waals surface area (Å²) in [4.78, 5) is 4.30. The first kappa shape index (κ1) is 18.2. The standard InChI is InChI=1S/C16H26N6.HI/c1-17-16(19-13-7-4-5-8-13)18-11-10-15-21-20-14-9-3-2-6-12-22(14)15;/h4-5,13H,2-3,6-12H2,1H3,(H2,17,18,19);1H. The highest BCUT2D eigenvalue weighted by Crippen LogP contribution is 2.14. The molecule has 2 heterocycles. The molecule has 1 aliphatic heterocycles. The lowest BCUT2D eigenvalue weighted by Gasteiger charge is -2.16. The fraction of sp³-hybridized carbons (Fsp3) is 0.688. The Balaban J connectivity index is 0.00000192. The van der Waals surface area contributed by atoms with Gasteiger partial charge in [-0.15, -0.1) is 34.2 Å². The van der Waals surface area contributed by atoms with E-state index in [4.69, 9.17) is 0 Å². The van der Waals surface area contributed by atoms with Gasteiger partial charge in [-0.25, -0.2) is 0 Å². The van der Waals surface area contributed by atoms with Crippen LogP contribution >= 0.6 is 24.0 Å². The molecular weight excluding hydrogens is 403 g/mol. The summed E-state index contributed by atoms with van der Waals surface area (Å²) < 4.78 is 2.31. The van der Waals surface area contributed by atoms with Crippen molar-refractivity contribution in [2.75, 3.05) is 13.6 Å². The molecule has 0 saturated heterocycles. The Morgan fingerprint density at radius 3 is 2.87 bits per heavy atom. The number of rotatable bonds is 4. The van der Waals surface area contributed by atoms with Gasteiger partial charge in [0.25, 0.3) is 0 Å². The minimum atomic E-state index is 0. The predicted octanol–water partition coefficient (Wildman–Crippen LogP) is 2.05. The van der Waals surface area contributed by atoms with Gasteiger partial charge in [0.2, 0.25) is 0 Å². The molecule has 2 aliphatic rings. The van der Waals surface area contributed by atoms with E-state index >= 15 is 0 Å². The Kier molecular flexibility index (Phi) is 7.32. The maximum Gasteiger partial charge on any atom is 0.191 e. The van der Waals surface area contributed by atoms with Gasteiger partial charge < -0.3 is 15.2 Å². The van der Waals surface area contributed by atoms with E-state index in [1.807, 2.05) is 7.05 Å². The molecular formula is C16H27IN6. The van der Waals surface area contributed by atoms with E-state index in [0.29, 0.717) is 6.04 Å². The van der Waals surface area contributed by atoms with Gasteiger partial charge in [-0.1, -0.05) is 18.6 Å². The van der Waals surface area contributed by atoms with Crippen LogP contribution in [0.1, 0.15) is 43.8 Å². The number of halogens is 1. The van der Waals surface area contributed by atoms with Crippen molar-refractivity contribution in [1.29, 1.82) is 0 Å². The Hall–Kier alpha value is -1.12. The van der Waals surface area contributed by atoms with Crippen LogP contribution < -0.4 is 10.6 Å². The minimum Gasteiger partial charge on any atom is -0.356 e. The zero-order valence-electron chi connectivity index (χ0n) is 13.8. The number of aliphatic imine (C=N–C) groups is 1. The van der Waals surface area contributed by atoms with Gasteiger partial charge in [0, 0.05) is 39.0 Å². The molecule has 6 nitrogen and oxygen atoms in total. The molecule has 1 aliphatic carbocycles. The summed E-state index contributed by atoms with van der Waals surface area (Å²) in [7, 11) is 1.82. The molecule has 0 spiro atoms. The smallest absolute Gasteiger partial charge is 0.191 e. The van der Waals surface area contributed by atoms with Crippen molar-refractivity contribution in [3.05, 3.63) is 23.8 Å². The Labute approximate surface area is 155 Å². The summed E-state index contributed by atoms with van der Waals surface area (Å²) in [5, 5.41) is 15.6. The van der Waals surface area contributed by atoms with Gasteiger partial charge in [-0.05, 0) is 25.7 Å². The third kappa shape index (κ3) is 4.92. The molecule has 0 amide bonds.